The lowest BCUT2D eigenvalue weighted by Gasteiger charge is -2.05. The normalized spacial score (nSPS) is 10.9. The third-order valence-electron chi connectivity index (χ3n) is 3.54. The third-order valence-corrected chi connectivity index (χ3v) is 3.54. The maximum absolute atomic E-state index is 11.8. The molecule has 0 fully saturated rings. The first-order valence-corrected chi connectivity index (χ1v) is 7.71. The van der Waals surface area contributed by atoms with Crippen molar-refractivity contribution < 1.29 is 9.53 Å². The lowest BCUT2D eigenvalue weighted by atomic mass is 10.1. The number of nitrogens with zero attached hydrogens (tertiary/aromatic N) is 1. The van der Waals surface area contributed by atoms with Crippen LogP contribution in [0.2, 0.25) is 0 Å². The number of hydrogen-bond donors (Lipinski definition) is 1. The average molecular weight is 318 g/mol. The fourth-order valence-electron chi connectivity index (χ4n) is 2.35. The molecule has 120 valence electrons. The number of ether oxygens (including phenoxy) is 1. The van der Waals surface area contributed by atoms with Crippen molar-refractivity contribution >= 4 is 22.9 Å². The zero-order valence-corrected chi connectivity index (χ0v) is 13.4. The summed E-state index contributed by atoms with van der Waals surface area (Å²) >= 11 is 0. The van der Waals surface area contributed by atoms with Gasteiger partial charge in [-0.25, -0.2) is 5.43 Å². The number of amides is 1. The van der Waals surface area contributed by atoms with E-state index < -0.39 is 0 Å². The molecule has 24 heavy (non-hydrogen) atoms. The number of hydrazone groups is 1. The third kappa shape index (κ3) is 4.20. The second kappa shape index (κ2) is 7.42. The van der Waals surface area contributed by atoms with Gasteiger partial charge in [-0.3, -0.25) is 4.79 Å². The largest absolute Gasteiger partial charge is 0.484 e. The molecule has 0 aromatic heterocycles. The highest BCUT2D eigenvalue weighted by atomic mass is 16.5. The summed E-state index contributed by atoms with van der Waals surface area (Å²) < 4.78 is 5.42. The predicted octanol–water partition coefficient (Wildman–Crippen LogP) is 3.68. The van der Waals surface area contributed by atoms with Crippen molar-refractivity contribution in [3.63, 3.8) is 0 Å². The maximum Gasteiger partial charge on any atom is 0.277 e. The average Bonchev–Trinajstić information content (AvgIpc) is 2.60. The molecule has 0 saturated carbocycles. The highest BCUT2D eigenvalue weighted by Gasteiger charge is 2.01. The Balaban J connectivity index is 1.54. The van der Waals surface area contributed by atoms with Crippen LogP contribution in [0, 0.1) is 6.92 Å². The van der Waals surface area contributed by atoms with Crippen molar-refractivity contribution in [3.8, 4) is 5.75 Å². The Morgan fingerprint density at radius 1 is 1.04 bits per heavy atom. The van der Waals surface area contributed by atoms with Crippen LogP contribution < -0.4 is 10.2 Å². The van der Waals surface area contributed by atoms with Crippen molar-refractivity contribution in [1.29, 1.82) is 0 Å². The van der Waals surface area contributed by atoms with Crippen LogP contribution in [-0.4, -0.2) is 18.7 Å². The zero-order valence-electron chi connectivity index (χ0n) is 13.4. The summed E-state index contributed by atoms with van der Waals surface area (Å²) in [5.41, 5.74) is 4.48. The summed E-state index contributed by atoms with van der Waals surface area (Å²) in [6.07, 6.45) is 1.62. The van der Waals surface area contributed by atoms with E-state index >= 15 is 0 Å². The van der Waals surface area contributed by atoms with E-state index in [2.05, 4.69) is 16.6 Å². The van der Waals surface area contributed by atoms with Gasteiger partial charge in [-0.2, -0.15) is 5.10 Å². The van der Waals surface area contributed by atoms with E-state index in [0.717, 1.165) is 16.5 Å². The summed E-state index contributed by atoms with van der Waals surface area (Å²) in [5.74, 6) is 0.372. The van der Waals surface area contributed by atoms with E-state index in [0.29, 0.717) is 5.75 Å². The first-order valence-electron chi connectivity index (χ1n) is 7.71. The fraction of sp³-hybridized carbons (Fsp3) is 0.100. The van der Waals surface area contributed by atoms with Gasteiger partial charge in [0.25, 0.3) is 5.91 Å². The SMILES string of the molecule is Cc1cccc(OCC(=O)N/N=C/c2ccc3ccccc3c2)c1. The number of benzene rings is 3. The molecule has 0 radical (unpaired) electrons. The van der Waals surface area contributed by atoms with Gasteiger partial charge >= 0.3 is 0 Å². The first kappa shape index (κ1) is 15.7. The zero-order chi connectivity index (χ0) is 16.8. The fourth-order valence-corrected chi connectivity index (χ4v) is 2.35. The van der Waals surface area contributed by atoms with Crippen LogP contribution in [0.1, 0.15) is 11.1 Å². The minimum Gasteiger partial charge on any atom is -0.484 e. The molecule has 0 unspecified atom stereocenters. The van der Waals surface area contributed by atoms with E-state index in [1.165, 1.54) is 5.39 Å². The van der Waals surface area contributed by atoms with Crippen LogP contribution in [0.15, 0.2) is 71.8 Å². The summed E-state index contributed by atoms with van der Waals surface area (Å²) in [5, 5.41) is 6.28. The number of fused-ring (bicyclic) bond motifs is 1. The smallest absolute Gasteiger partial charge is 0.277 e. The Labute approximate surface area is 140 Å². The lowest BCUT2D eigenvalue weighted by molar-refractivity contribution is -0.123. The molecule has 3 aromatic carbocycles. The number of carbonyl (C=O) groups is 1. The second-order valence-electron chi connectivity index (χ2n) is 5.50. The van der Waals surface area contributed by atoms with Crippen LogP contribution >= 0.6 is 0 Å². The second-order valence-corrected chi connectivity index (χ2v) is 5.50. The maximum atomic E-state index is 11.8. The number of nitrogens with one attached hydrogen (secondary N) is 1. The Morgan fingerprint density at radius 2 is 1.88 bits per heavy atom. The molecular formula is C20H18N2O2. The van der Waals surface area contributed by atoms with Crippen molar-refractivity contribution in [2.24, 2.45) is 5.10 Å². The van der Waals surface area contributed by atoms with Crippen LogP contribution in [0.3, 0.4) is 0 Å². The Hall–Kier alpha value is -3.14. The van der Waals surface area contributed by atoms with E-state index in [1.54, 1.807) is 6.21 Å². The van der Waals surface area contributed by atoms with Gasteiger partial charge in [-0.15, -0.1) is 0 Å². The van der Waals surface area contributed by atoms with E-state index in [-0.39, 0.29) is 12.5 Å². The van der Waals surface area contributed by atoms with Gasteiger partial charge in [0.1, 0.15) is 5.75 Å². The minimum absolute atomic E-state index is 0.0709. The van der Waals surface area contributed by atoms with Crippen molar-refractivity contribution in [2.75, 3.05) is 6.61 Å². The molecule has 0 heterocycles. The van der Waals surface area contributed by atoms with Crippen LogP contribution in [0.25, 0.3) is 10.8 Å². The standard InChI is InChI=1S/C20H18N2O2/c1-15-5-4-8-19(11-15)24-14-20(23)22-21-13-16-9-10-17-6-2-3-7-18(17)12-16/h2-13H,14H2,1H3,(H,22,23)/b21-13+. The predicted molar refractivity (Wildman–Crippen MR) is 96.4 cm³/mol. The van der Waals surface area contributed by atoms with Crippen LogP contribution in [0.5, 0.6) is 5.75 Å². The van der Waals surface area contributed by atoms with Crippen molar-refractivity contribution in [1.82, 2.24) is 5.43 Å². The van der Waals surface area contributed by atoms with Gasteiger partial charge in [-0.1, -0.05) is 48.5 Å². The van der Waals surface area contributed by atoms with E-state index in [4.69, 9.17) is 4.74 Å². The molecule has 4 heteroatoms. The molecule has 0 saturated heterocycles. The highest BCUT2D eigenvalue weighted by molar-refractivity contribution is 5.90. The number of aryl methyl sites for hydroxylation is 1. The molecule has 0 atom stereocenters. The molecule has 1 N–H and O–H groups in total. The van der Waals surface area contributed by atoms with Crippen molar-refractivity contribution in [2.45, 2.75) is 6.92 Å². The van der Waals surface area contributed by atoms with Crippen LogP contribution in [0.4, 0.5) is 0 Å². The molecule has 1 amide bonds. The Morgan fingerprint density at radius 3 is 2.71 bits per heavy atom. The van der Waals surface area contributed by atoms with E-state index in [1.807, 2.05) is 67.6 Å². The van der Waals surface area contributed by atoms with Gasteiger partial charge in [0, 0.05) is 0 Å². The van der Waals surface area contributed by atoms with E-state index in [9.17, 15) is 4.79 Å². The van der Waals surface area contributed by atoms with Gasteiger partial charge in [-0.05, 0) is 47.0 Å². The Kier molecular flexibility index (Phi) is 4.87. The molecule has 3 rings (SSSR count). The number of hydrogen-bond acceptors (Lipinski definition) is 3. The van der Waals surface area contributed by atoms with Gasteiger partial charge in [0.15, 0.2) is 6.61 Å². The summed E-state index contributed by atoms with van der Waals surface area (Å²) in [6, 6.07) is 21.7. The Bertz CT molecular complexity index is 887. The van der Waals surface area contributed by atoms with Gasteiger partial charge in [0.2, 0.25) is 0 Å². The van der Waals surface area contributed by atoms with Gasteiger partial charge in [0.05, 0.1) is 6.21 Å². The molecular weight excluding hydrogens is 300 g/mol. The quantitative estimate of drug-likeness (QED) is 0.576. The molecule has 4 nitrogen and oxygen atoms in total. The summed E-state index contributed by atoms with van der Waals surface area (Å²) in [6.45, 7) is 1.90. The summed E-state index contributed by atoms with van der Waals surface area (Å²) in [4.78, 5) is 11.8. The molecule has 3 aromatic rings. The van der Waals surface area contributed by atoms with Gasteiger partial charge < -0.3 is 4.74 Å². The molecule has 0 bridgehead atoms. The van der Waals surface area contributed by atoms with Crippen LogP contribution in [-0.2, 0) is 4.79 Å². The lowest BCUT2D eigenvalue weighted by Crippen LogP contribution is -2.24. The monoisotopic (exact) mass is 318 g/mol. The number of carbonyl (C=O) groups excluding carboxylic acids is 1. The molecule has 0 aliphatic heterocycles. The highest BCUT2D eigenvalue weighted by Crippen LogP contribution is 2.14. The van der Waals surface area contributed by atoms with Crippen molar-refractivity contribution in [3.05, 3.63) is 77.9 Å². The molecule has 0 aliphatic carbocycles. The first-order chi connectivity index (χ1) is 11.7. The summed E-state index contributed by atoms with van der Waals surface area (Å²) in [7, 11) is 0. The topological polar surface area (TPSA) is 50.7 Å². The molecule has 0 spiro atoms. The number of rotatable bonds is 5. The minimum atomic E-state index is -0.298. The molecule has 0 aliphatic rings.